The fraction of sp³-hybridized carbons (Fsp3) is 0.333. The molecular weight excluding hydrogens is 342 g/mol. The third-order valence-corrected chi connectivity index (χ3v) is 5.57. The molecule has 1 N–H and O–H groups in total. The van der Waals surface area contributed by atoms with E-state index in [1.165, 1.54) is 5.56 Å². The first-order valence-corrected chi connectivity index (χ1v) is 9.26. The third kappa shape index (κ3) is 2.96. The van der Waals surface area contributed by atoms with Crippen molar-refractivity contribution >= 4 is 16.7 Å². The summed E-state index contributed by atoms with van der Waals surface area (Å²) in [4.78, 5) is 8.83. The SMILES string of the molecule is c1ccc2c(NCC3(c4ccc5c(c4)OCO5)CCOCC3)ncnc2c1. The Balaban J connectivity index is 1.47. The van der Waals surface area contributed by atoms with Crippen LogP contribution in [0.3, 0.4) is 0 Å². The maximum Gasteiger partial charge on any atom is 0.231 e. The molecule has 2 aliphatic heterocycles. The molecule has 0 bridgehead atoms. The van der Waals surface area contributed by atoms with Gasteiger partial charge in [0.2, 0.25) is 6.79 Å². The Hall–Kier alpha value is -2.86. The minimum Gasteiger partial charge on any atom is -0.454 e. The topological polar surface area (TPSA) is 65.5 Å². The van der Waals surface area contributed by atoms with Crippen LogP contribution >= 0.6 is 0 Å². The minimum absolute atomic E-state index is 0.0364. The van der Waals surface area contributed by atoms with E-state index in [1.807, 2.05) is 24.3 Å². The fourth-order valence-electron chi connectivity index (χ4n) is 3.95. The van der Waals surface area contributed by atoms with Crippen LogP contribution in [0.4, 0.5) is 5.82 Å². The monoisotopic (exact) mass is 363 g/mol. The molecule has 0 aliphatic carbocycles. The lowest BCUT2D eigenvalue weighted by Crippen LogP contribution is -2.40. The van der Waals surface area contributed by atoms with E-state index in [0.717, 1.165) is 60.8 Å². The van der Waals surface area contributed by atoms with Crippen LogP contribution in [0.1, 0.15) is 18.4 Å². The molecule has 6 nitrogen and oxygen atoms in total. The van der Waals surface area contributed by atoms with Crippen LogP contribution in [0.2, 0.25) is 0 Å². The van der Waals surface area contributed by atoms with Crippen LogP contribution in [-0.4, -0.2) is 36.5 Å². The number of hydrogen-bond donors (Lipinski definition) is 1. The Labute approximate surface area is 157 Å². The lowest BCUT2D eigenvalue weighted by molar-refractivity contribution is 0.0543. The van der Waals surface area contributed by atoms with E-state index in [0.29, 0.717) is 6.79 Å². The number of fused-ring (bicyclic) bond motifs is 2. The maximum atomic E-state index is 5.65. The molecule has 0 saturated carbocycles. The van der Waals surface area contributed by atoms with Gasteiger partial charge < -0.3 is 19.5 Å². The molecule has 3 heterocycles. The number of anilines is 1. The van der Waals surface area contributed by atoms with Gasteiger partial charge in [0.05, 0.1) is 5.52 Å². The van der Waals surface area contributed by atoms with Crippen molar-refractivity contribution in [1.29, 1.82) is 0 Å². The number of hydrogen-bond acceptors (Lipinski definition) is 6. The van der Waals surface area contributed by atoms with Crippen LogP contribution in [0.15, 0.2) is 48.8 Å². The van der Waals surface area contributed by atoms with Gasteiger partial charge in [0.15, 0.2) is 11.5 Å². The quantitative estimate of drug-likeness (QED) is 0.765. The summed E-state index contributed by atoms with van der Waals surface area (Å²) in [7, 11) is 0. The summed E-state index contributed by atoms with van der Waals surface area (Å²) in [5, 5.41) is 4.62. The molecule has 0 unspecified atom stereocenters. The second-order valence-corrected chi connectivity index (χ2v) is 7.05. The van der Waals surface area contributed by atoms with Gasteiger partial charge >= 0.3 is 0 Å². The second-order valence-electron chi connectivity index (χ2n) is 7.05. The molecule has 5 rings (SSSR count). The van der Waals surface area contributed by atoms with Gasteiger partial charge in [0, 0.05) is 30.6 Å². The molecule has 138 valence electrons. The van der Waals surface area contributed by atoms with Crippen molar-refractivity contribution in [3.05, 3.63) is 54.4 Å². The van der Waals surface area contributed by atoms with Crippen molar-refractivity contribution in [1.82, 2.24) is 9.97 Å². The number of rotatable bonds is 4. The average Bonchev–Trinajstić information content (AvgIpc) is 3.21. The van der Waals surface area contributed by atoms with Gasteiger partial charge in [0.1, 0.15) is 12.1 Å². The highest BCUT2D eigenvalue weighted by Gasteiger charge is 2.35. The molecule has 0 spiro atoms. The minimum atomic E-state index is -0.0364. The van der Waals surface area contributed by atoms with E-state index in [-0.39, 0.29) is 5.41 Å². The standard InChI is InChI=1S/C21H21N3O3/c1-2-4-17-16(3-1)20(24-13-23-17)22-12-21(7-9-25-10-8-21)15-5-6-18-19(11-15)27-14-26-18/h1-6,11,13H,7-10,12,14H2,(H,22,23,24). The first kappa shape index (κ1) is 16.3. The largest absolute Gasteiger partial charge is 0.454 e. The lowest BCUT2D eigenvalue weighted by atomic mass is 9.74. The van der Waals surface area contributed by atoms with Crippen LogP contribution < -0.4 is 14.8 Å². The Morgan fingerprint density at radius 2 is 1.81 bits per heavy atom. The predicted octanol–water partition coefficient (Wildman–Crippen LogP) is 3.52. The smallest absolute Gasteiger partial charge is 0.231 e. The van der Waals surface area contributed by atoms with Gasteiger partial charge in [-0.2, -0.15) is 0 Å². The number of nitrogens with one attached hydrogen (secondary N) is 1. The molecule has 2 aliphatic rings. The van der Waals surface area contributed by atoms with Crippen molar-refractivity contribution in [2.45, 2.75) is 18.3 Å². The van der Waals surface area contributed by atoms with Gasteiger partial charge in [-0.3, -0.25) is 0 Å². The summed E-state index contributed by atoms with van der Waals surface area (Å²) >= 11 is 0. The first-order chi connectivity index (χ1) is 13.3. The van der Waals surface area contributed by atoms with E-state index in [4.69, 9.17) is 14.2 Å². The summed E-state index contributed by atoms with van der Waals surface area (Å²) in [5.41, 5.74) is 2.16. The zero-order valence-electron chi connectivity index (χ0n) is 15.0. The molecule has 2 aromatic carbocycles. The van der Waals surface area contributed by atoms with Crippen LogP contribution in [0.25, 0.3) is 10.9 Å². The average molecular weight is 363 g/mol. The number of nitrogens with zero attached hydrogens (tertiary/aromatic N) is 2. The van der Waals surface area contributed by atoms with Gasteiger partial charge in [0.25, 0.3) is 0 Å². The summed E-state index contributed by atoms with van der Waals surface area (Å²) in [5.74, 6) is 2.51. The molecule has 1 saturated heterocycles. The zero-order valence-corrected chi connectivity index (χ0v) is 15.0. The van der Waals surface area contributed by atoms with Crippen molar-refractivity contribution in [3.63, 3.8) is 0 Å². The van der Waals surface area contributed by atoms with Gasteiger partial charge in [-0.05, 0) is 42.7 Å². The maximum absolute atomic E-state index is 5.65. The third-order valence-electron chi connectivity index (χ3n) is 5.57. The van der Waals surface area contributed by atoms with Crippen molar-refractivity contribution in [2.75, 3.05) is 31.9 Å². The van der Waals surface area contributed by atoms with E-state index in [2.05, 4.69) is 33.5 Å². The Kier molecular flexibility index (Phi) is 4.05. The number of aromatic nitrogens is 2. The second kappa shape index (κ2) is 6.70. The van der Waals surface area contributed by atoms with Crippen LogP contribution in [0, 0.1) is 0 Å². The van der Waals surface area contributed by atoms with Crippen molar-refractivity contribution in [2.24, 2.45) is 0 Å². The number of ether oxygens (including phenoxy) is 3. The number of benzene rings is 2. The number of para-hydroxylation sites is 1. The van der Waals surface area contributed by atoms with E-state index < -0.39 is 0 Å². The van der Waals surface area contributed by atoms with E-state index in [1.54, 1.807) is 6.33 Å². The van der Waals surface area contributed by atoms with Gasteiger partial charge in [-0.25, -0.2) is 9.97 Å². The Morgan fingerprint density at radius 1 is 0.963 bits per heavy atom. The van der Waals surface area contributed by atoms with Crippen molar-refractivity contribution < 1.29 is 14.2 Å². The fourth-order valence-corrected chi connectivity index (χ4v) is 3.95. The van der Waals surface area contributed by atoms with E-state index in [9.17, 15) is 0 Å². The summed E-state index contributed by atoms with van der Waals surface area (Å²) in [6.45, 7) is 2.57. The molecule has 0 atom stereocenters. The van der Waals surface area contributed by atoms with Gasteiger partial charge in [-0.15, -0.1) is 0 Å². The first-order valence-electron chi connectivity index (χ1n) is 9.26. The normalized spacial score (nSPS) is 17.8. The Morgan fingerprint density at radius 3 is 2.74 bits per heavy atom. The van der Waals surface area contributed by atoms with E-state index >= 15 is 0 Å². The lowest BCUT2D eigenvalue weighted by Gasteiger charge is -2.38. The van der Waals surface area contributed by atoms with Crippen molar-refractivity contribution in [3.8, 4) is 11.5 Å². The molecule has 27 heavy (non-hydrogen) atoms. The molecule has 0 radical (unpaired) electrons. The summed E-state index contributed by atoms with van der Waals surface area (Å²) < 4.78 is 16.7. The molecule has 3 aromatic rings. The zero-order chi connectivity index (χ0) is 18.1. The Bertz CT molecular complexity index is 965. The molecule has 0 amide bonds. The van der Waals surface area contributed by atoms with Crippen LogP contribution in [-0.2, 0) is 10.2 Å². The molecule has 1 fully saturated rings. The highest BCUT2D eigenvalue weighted by Crippen LogP contribution is 2.41. The molecule has 6 heteroatoms. The van der Waals surface area contributed by atoms with Crippen LogP contribution in [0.5, 0.6) is 11.5 Å². The highest BCUT2D eigenvalue weighted by atomic mass is 16.7. The van der Waals surface area contributed by atoms with Gasteiger partial charge in [-0.1, -0.05) is 18.2 Å². The summed E-state index contributed by atoms with van der Waals surface area (Å²) in [6, 6.07) is 14.3. The predicted molar refractivity (Wildman–Crippen MR) is 102 cm³/mol. The highest BCUT2D eigenvalue weighted by molar-refractivity contribution is 5.88. The molecular formula is C21H21N3O3. The molecule has 1 aromatic heterocycles. The summed E-state index contributed by atoms with van der Waals surface area (Å²) in [6.07, 6.45) is 3.51.